The summed E-state index contributed by atoms with van der Waals surface area (Å²) in [5.74, 6) is -0.503. The van der Waals surface area contributed by atoms with Gasteiger partial charge in [-0.15, -0.1) is 0 Å². The van der Waals surface area contributed by atoms with E-state index in [-0.39, 0.29) is 5.69 Å². The number of fused-ring (bicyclic) bond motifs is 1. The molecule has 0 saturated carbocycles. The Morgan fingerprint density at radius 3 is 2.74 bits per heavy atom. The fourth-order valence-electron chi connectivity index (χ4n) is 2.09. The molecule has 0 amide bonds. The molecular formula is C14H11N3O2. The second-order valence-corrected chi connectivity index (χ2v) is 4.22. The molecule has 0 atom stereocenters. The van der Waals surface area contributed by atoms with Gasteiger partial charge >= 0.3 is 5.97 Å². The maximum Gasteiger partial charge on any atom is 0.356 e. The van der Waals surface area contributed by atoms with Crippen molar-refractivity contribution in [2.24, 2.45) is 0 Å². The summed E-state index contributed by atoms with van der Waals surface area (Å²) in [5, 5.41) is 13.4. The van der Waals surface area contributed by atoms with Crippen LogP contribution in [0.3, 0.4) is 0 Å². The van der Waals surface area contributed by atoms with Gasteiger partial charge in [0.25, 0.3) is 0 Å². The van der Waals surface area contributed by atoms with E-state index in [1.54, 1.807) is 22.8 Å². The third kappa shape index (κ3) is 1.76. The first-order valence-electron chi connectivity index (χ1n) is 5.81. The molecule has 19 heavy (non-hydrogen) atoms. The van der Waals surface area contributed by atoms with E-state index in [9.17, 15) is 9.90 Å². The molecule has 0 fully saturated rings. The van der Waals surface area contributed by atoms with Crippen LogP contribution in [0.1, 0.15) is 16.1 Å². The lowest BCUT2D eigenvalue weighted by Crippen LogP contribution is -1.97. The lowest BCUT2D eigenvalue weighted by atomic mass is 10.1. The summed E-state index contributed by atoms with van der Waals surface area (Å²) in [5.41, 5.74) is 2.42. The first kappa shape index (κ1) is 11.4. The van der Waals surface area contributed by atoms with Gasteiger partial charge in [0.05, 0.1) is 0 Å². The molecule has 5 heteroatoms. The molecule has 0 radical (unpaired) electrons. The van der Waals surface area contributed by atoms with Crippen LogP contribution in [-0.4, -0.2) is 25.7 Å². The molecule has 0 aliphatic carbocycles. The van der Waals surface area contributed by atoms with Gasteiger partial charge in [0.2, 0.25) is 0 Å². The highest BCUT2D eigenvalue weighted by Gasteiger charge is 2.18. The Morgan fingerprint density at radius 1 is 1.21 bits per heavy atom. The fraction of sp³-hybridized carbons (Fsp3) is 0.0714. The minimum atomic E-state index is -1.05. The monoisotopic (exact) mass is 253 g/mol. The molecule has 1 aromatic carbocycles. The van der Waals surface area contributed by atoms with Crippen LogP contribution in [0.25, 0.3) is 16.9 Å². The number of hydrogen-bond acceptors (Lipinski definition) is 3. The average molecular weight is 253 g/mol. The number of benzene rings is 1. The minimum absolute atomic E-state index is 0.0198. The van der Waals surface area contributed by atoms with E-state index in [0.29, 0.717) is 11.3 Å². The fourth-order valence-corrected chi connectivity index (χ4v) is 2.09. The van der Waals surface area contributed by atoms with Gasteiger partial charge in [0.1, 0.15) is 5.52 Å². The molecule has 0 saturated heterocycles. The van der Waals surface area contributed by atoms with Crippen molar-refractivity contribution in [2.75, 3.05) is 0 Å². The van der Waals surface area contributed by atoms with Crippen LogP contribution in [0.4, 0.5) is 0 Å². The van der Waals surface area contributed by atoms with E-state index in [1.165, 1.54) is 0 Å². The van der Waals surface area contributed by atoms with E-state index in [4.69, 9.17) is 0 Å². The number of carboxylic acids is 1. The highest BCUT2D eigenvalue weighted by Crippen LogP contribution is 2.24. The number of rotatable bonds is 2. The van der Waals surface area contributed by atoms with Crippen LogP contribution in [0.15, 0.2) is 42.6 Å². The highest BCUT2D eigenvalue weighted by molar-refractivity contribution is 5.94. The lowest BCUT2D eigenvalue weighted by molar-refractivity contribution is 0.0693. The zero-order valence-electron chi connectivity index (χ0n) is 10.2. The van der Waals surface area contributed by atoms with Crippen LogP contribution < -0.4 is 0 Å². The maximum atomic E-state index is 11.2. The third-order valence-corrected chi connectivity index (χ3v) is 3.00. The first-order valence-corrected chi connectivity index (χ1v) is 5.81. The molecule has 3 rings (SSSR count). The van der Waals surface area contributed by atoms with Crippen LogP contribution in [-0.2, 0) is 0 Å². The summed E-state index contributed by atoms with van der Waals surface area (Å²) in [6, 6.07) is 11.1. The zero-order chi connectivity index (χ0) is 13.4. The van der Waals surface area contributed by atoms with Gasteiger partial charge < -0.3 is 5.11 Å². The van der Waals surface area contributed by atoms with Crippen molar-refractivity contribution in [1.29, 1.82) is 0 Å². The predicted molar refractivity (Wildman–Crippen MR) is 70.1 cm³/mol. The Labute approximate surface area is 109 Å². The molecule has 0 spiro atoms. The average Bonchev–Trinajstić information content (AvgIpc) is 2.79. The van der Waals surface area contributed by atoms with Gasteiger partial charge in [-0.05, 0) is 24.6 Å². The van der Waals surface area contributed by atoms with Crippen LogP contribution in [0, 0.1) is 6.92 Å². The summed E-state index contributed by atoms with van der Waals surface area (Å²) < 4.78 is 1.56. The summed E-state index contributed by atoms with van der Waals surface area (Å²) in [6.45, 7) is 1.96. The van der Waals surface area contributed by atoms with Crippen molar-refractivity contribution in [3.63, 3.8) is 0 Å². The largest absolute Gasteiger partial charge is 0.476 e. The number of aromatic nitrogens is 3. The maximum absolute atomic E-state index is 11.2. The van der Waals surface area contributed by atoms with E-state index in [1.807, 2.05) is 31.2 Å². The molecule has 3 aromatic rings. The lowest BCUT2D eigenvalue weighted by Gasteiger charge is -2.03. The van der Waals surface area contributed by atoms with Crippen molar-refractivity contribution in [3.05, 3.63) is 53.9 Å². The summed E-state index contributed by atoms with van der Waals surface area (Å²) in [7, 11) is 0. The molecule has 0 aliphatic rings. The smallest absolute Gasteiger partial charge is 0.356 e. The Hall–Kier alpha value is -2.69. The summed E-state index contributed by atoms with van der Waals surface area (Å²) >= 11 is 0. The van der Waals surface area contributed by atoms with E-state index >= 15 is 0 Å². The standard InChI is InChI=1S/C14H11N3O2/c1-9-5-2-3-6-10(9)13-16-12(14(18)19)11-7-4-8-15-17(11)13/h2-8H,1H3,(H,18,19). The van der Waals surface area contributed by atoms with Gasteiger partial charge in [-0.2, -0.15) is 5.10 Å². The number of aryl methyl sites for hydroxylation is 1. The second-order valence-electron chi connectivity index (χ2n) is 4.22. The van der Waals surface area contributed by atoms with Crippen molar-refractivity contribution < 1.29 is 9.90 Å². The van der Waals surface area contributed by atoms with Gasteiger partial charge in [-0.3, -0.25) is 0 Å². The van der Waals surface area contributed by atoms with Gasteiger partial charge in [0.15, 0.2) is 11.5 Å². The molecule has 0 bridgehead atoms. The normalized spacial score (nSPS) is 10.8. The second kappa shape index (κ2) is 4.20. The van der Waals surface area contributed by atoms with Crippen molar-refractivity contribution in [3.8, 4) is 11.4 Å². The Kier molecular flexibility index (Phi) is 2.52. The Morgan fingerprint density at radius 2 is 2.00 bits per heavy atom. The number of nitrogens with zero attached hydrogens (tertiary/aromatic N) is 3. The molecule has 0 aliphatic heterocycles. The number of aromatic carboxylic acids is 1. The molecular weight excluding hydrogens is 242 g/mol. The summed E-state index contributed by atoms with van der Waals surface area (Å²) in [6.07, 6.45) is 1.61. The van der Waals surface area contributed by atoms with Crippen LogP contribution in [0.2, 0.25) is 0 Å². The molecule has 2 aromatic heterocycles. The minimum Gasteiger partial charge on any atom is -0.476 e. The molecule has 0 unspecified atom stereocenters. The first-order chi connectivity index (χ1) is 9.18. The molecule has 1 N–H and O–H groups in total. The van der Waals surface area contributed by atoms with Gasteiger partial charge in [-0.1, -0.05) is 24.3 Å². The molecule has 94 valence electrons. The van der Waals surface area contributed by atoms with Crippen molar-refractivity contribution in [1.82, 2.24) is 14.6 Å². The topological polar surface area (TPSA) is 67.5 Å². The quantitative estimate of drug-likeness (QED) is 0.761. The van der Waals surface area contributed by atoms with Gasteiger partial charge in [-0.25, -0.2) is 14.3 Å². The Bertz CT molecular complexity index is 777. The predicted octanol–water partition coefficient (Wildman–Crippen LogP) is 2.40. The SMILES string of the molecule is Cc1ccccc1-c1nc(C(=O)O)c2cccnn12. The molecule has 5 nitrogen and oxygen atoms in total. The zero-order valence-corrected chi connectivity index (χ0v) is 10.2. The van der Waals surface area contributed by atoms with Crippen molar-refractivity contribution in [2.45, 2.75) is 6.92 Å². The van der Waals surface area contributed by atoms with Gasteiger partial charge in [0, 0.05) is 11.8 Å². The Balaban J connectivity index is 2.37. The molecule has 2 heterocycles. The van der Waals surface area contributed by atoms with Crippen LogP contribution in [0.5, 0.6) is 0 Å². The van der Waals surface area contributed by atoms with Crippen LogP contribution >= 0.6 is 0 Å². The summed E-state index contributed by atoms with van der Waals surface area (Å²) in [4.78, 5) is 15.5. The number of carboxylic acid groups (broad SMARTS) is 1. The van der Waals surface area contributed by atoms with E-state index in [0.717, 1.165) is 11.1 Å². The number of imidazole rings is 1. The number of carbonyl (C=O) groups is 1. The third-order valence-electron chi connectivity index (χ3n) is 3.00. The highest BCUT2D eigenvalue weighted by atomic mass is 16.4. The van der Waals surface area contributed by atoms with Crippen molar-refractivity contribution >= 4 is 11.5 Å². The van der Waals surface area contributed by atoms with E-state index in [2.05, 4.69) is 10.1 Å². The van der Waals surface area contributed by atoms with E-state index < -0.39 is 5.97 Å². The number of hydrogen-bond donors (Lipinski definition) is 1.